The highest BCUT2D eigenvalue weighted by Crippen LogP contribution is 2.37. The number of hydrogen-bond acceptors (Lipinski definition) is 5. The Kier molecular flexibility index (Phi) is 2.06. The van der Waals surface area contributed by atoms with Crippen molar-refractivity contribution in [2.24, 2.45) is 0 Å². The minimum Gasteiger partial charge on any atom is -0.258 e. The van der Waals surface area contributed by atoms with Crippen molar-refractivity contribution in [2.45, 2.75) is 18.3 Å². The van der Waals surface area contributed by atoms with E-state index < -0.39 is 10.3 Å². The molecule has 0 atom stereocenters. The molecule has 6 heteroatoms. The Balaban J connectivity index is 2.57. The number of fused-ring (bicyclic) bond motifs is 1. The van der Waals surface area contributed by atoms with E-state index in [9.17, 15) is 10.1 Å². The highest BCUT2D eigenvalue weighted by Gasteiger charge is 2.41. The summed E-state index contributed by atoms with van der Waals surface area (Å²) in [7, 11) is 0. The van der Waals surface area contributed by atoms with Crippen LogP contribution < -0.4 is 0 Å². The zero-order valence-electron chi connectivity index (χ0n) is 8.17. The summed E-state index contributed by atoms with van der Waals surface area (Å²) in [5.41, 5.74) is -0.351. The predicted octanol–water partition coefficient (Wildman–Crippen LogP) is 1.22. The first kappa shape index (κ1) is 10.1. The predicted molar refractivity (Wildman–Crippen MR) is 52.1 cm³/mol. The normalized spacial score (nSPS) is 15.9. The number of rotatable bonds is 1. The third-order valence-electron chi connectivity index (χ3n) is 2.72. The van der Waals surface area contributed by atoms with Crippen LogP contribution in [0.2, 0.25) is 0 Å². The number of aryl methyl sites for hydroxylation is 1. The number of nitriles is 2. The molecule has 1 aromatic heterocycles. The van der Waals surface area contributed by atoms with E-state index in [1.807, 2.05) is 12.1 Å². The monoisotopic (exact) mass is 214 g/mol. The van der Waals surface area contributed by atoms with Crippen LogP contribution in [-0.4, -0.2) is 9.91 Å². The summed E-state index contributed by atoms with van der Waals surface area (Å²) in [5.74, 6) is 0. The summed E-state index contributed by atoms with van der Waals surface area (Å²) in [6.07, 6.45) is 1.92. The van der Waals surface area contributed by atoms with Crippen LogP contribution in [0, 0.1) is 32.8 Å². The Morgan fingerprint density at radius 1 is 1.50 bits per heavy atom. The van der Waals surface area contributed by atoms with Gasteiger partial charge < -0.3 is 0 Å². The van der Waals surface area contributed by atoms with Gasteiger partial charge in [-0.1, -0.05) is 0 Å². The molecule has 2 rings (SSSR count). The van der Waals surface area contributed by atoms with Crippen molar-refractivity contribution in [1.29, 1.82) is 10.5 Å². The molecule has 0 saturated heterocycles. The maximum atomic E-state index is 10.5. The molecule has 0 aromatic carbocycles. The van der Waals surface area contributed by atoms with Crippen LogP contribution in [0.1, 0.15) is 17.7 Å². The molecule has 0 unspecified atom stereocenters. The van der Waals surface area contributed by atoms with Crippen LogP contribution in [0.5, 0.6) is 0 Å². The molecule has 1 heterocycles. The first-order valence-electron chi connectivity index (χ1n) is 4.59. The van der Waals surface area contributed by atoms with Crippen molar-refractivity contribution < 1.29 is 4.92 Å². The molecule has 0 amide bonds. The van der Waals surface area contributed by atoms with Gasteiger partial charge in [0.1, 0.15) is 6.20 Å². The van der Waals surface area contributed by atoms with E-state index in [4.69, 9.17) is 10.5 Å². The molecule has 1 aliphatic rings. The van der Waals surface area contributed by atoms with Gasteiger partial charge in [-0.3, -0.25) is 15.1 Å². The molecule has 1 aliphatic carbocycles. The molecule has 0 fully saturated rings. The standard InChI is InChI=1S/C10H6N4O2/c11-5-10(6-12)2-1-7-3-8(14(15)16)4-13-9(7)10/h3-4H,1-2H2. The van der Waals surface area contributed by atoms with Gasteiger partial charge in [0.15, 0.2) is 5.41 Å². The second kappa shape index (κ2) is 3.28. The lowest BCUT2D eigenvalue weighted by atomic mass is 9.89. The molecule has 16 heavy (non-hydrogen) atoms. The summed E-state index contributed by atoms with van der Waals surface area (Å²) >= 11 is 0. The molecular formula is C10H6N4O2. The van der Waals surface area contributed by atoms with Crippen LogP contribution >= 0.6 is 0 Å². The number of aromatic nitrogens is 1. The fourth-order valence-electron chi connectivity index (χ4n) is 1.86. The topological polar surface area (TPSA) is 104 Å². The van der Waals surface area contributed by atoms with Gasteiger partial charge in [0.25, 0.3) is 5.69 Å². The van der Waals surface area contributed by atoms with E-state index in [1.165, 1.54) is 6.07 Å². The highest BCUT2D eigenvalue weighted by molar-refractivity contribution is 5.48. The third kappa shape index (κ3) is 1.21. The Bertz CT molecular complexity index is 539. The molecule has 0 radical (unpaired) electrons. The molecule has 0 N–H and O–H groups in total. The van der Waals surface area contributed by atoms with E-state index in [0.29, 0.717) is 24.1 Å². The summed E-state index contributed by atoms with van der Waals surface area (Å²) < 4.78 is 0. The fraction of sp³-hybridized carbons (Fsp3) is 0.300. The summed E-state index contributed by atoms with van der Waals surface area (Å²) in [5, 5.41) is 28.5. The lowest BCUT2D eigenvalue weighted by Crippen LogP contribution is -2.19. The average molecular weight is 214 g/mol. The molecule has 6 nitrogen and oxygen atoms in total. The maximum Gasteiger partial charge on any atom is 0.287 e. The maximum absolute atomic E-state index is 10.5. The largest absolute Gasteiger partial charge is 0.287 e. The number of pyridine rings is 1. The van der Waals surface area contributed by atoms with Crippen molar-refractivity contribution in [3.05, 3.63) is 33.6 Å². The Morgan fingerprint density at radius 2 is 2.19 bits per heavy atom. The minimum atomic E-state index is -1.23. The van der Waals surface area contributed by atoms with Crippen molar-refractivity contribution in [2.75, 3.05) is 0 Å². The van der Waals surface area contributed by atoms with Gasteiger partial charge in [-0.05, 0) is 18.4 Å². The fourth-order valence-corrected chi connectivity index (χ4v) is 1.86. The van der Waals surface area contributed by atoms with Gasteiger partial charge in [-0.2, -0.15) is 10.5 Å². The van der Waals surface area contributed by atoms with Gasteiger partial charge >= 0.3 is 0 Å². The second-order valence-corrected chi connectivity index (χ2v) is 3.59. The second-order valence-electron chi connectivity index (χ2n) is 3.59. The van der Waals surface area contributed by atoms with Crippen molar-refractivity contribution >= 4 is 5.69 Å². The molecule has 1 aromatic rings. The highest BCUT2D eigenvalue weighted by atomic mass is 16.6. The number of nitro groups is 1. The number of nitrogens with zero attached hydrogens (tertiary/aromatic N) is 4. The van der Waals surface area contributed by atoms with Crippen LogP contribution in [0.4, 0.5) is 5.69 Å². The van der Waals surface area contributed by atoms with Gasteiger partial charge in [0, 0.05) is 6.07 Å². The van der Waals surface area contributed by atoms with E-state index in [2.05, 4.69) is 4.98 Å². The summed E-state index contributed by atoms with van der Waals surface area (Å²) in [6.45, 7) is 0. The molecule has 0 saturated carbocycles. The SMILES string of the molecule is N#CC1(C#N)CCc2cc([N+](=O)[O-])cnc21. The molecule has 78 valence electrons. The Morgan fingerprint density at radius 3 is 2.75 bits per heavy atom. The van der Waals surface area contributed by atoms with E-state index in [1.54, 1.807) is 0 Å². The zero-order chi connectivity index (χ0) is 11.8. The quantitative estimate of drug-likeness (QED) is 0.516. The Hall–Kier alpha value is -2.47. The van der Waals surface area contributed by atoms with Gasteiger partial charge in [-0.15, -0.1) is 0 Å². The van der Waals surface area contributed by atoms with Crippen molar-refractivity contribution in [3.8, 4) is 12.1 Å². The van der Waals surface area contributed by atoms with Crippen LogP contribution in [-0.2, 0) is 11.8 Å². The molecule has 0 aliphatic heterocycles. The Labute approximate surface area is 90.9 Å². The van der Waals surface area contributed by atoms with Crippen LogP contribution in [0.15, 0.2) is 12.3 Å². The molecule has 0 bridgehead atoms. The van der Waals surface area contributed by atoms with Crippen LogP contribution in [0.3, 0.4) is 0 Å². The van der Waals surface area contributed by atoms with E-state index >= 15 is 0 Å². The summed E-state index contributed by atoms with van der Waals surface area (Å²) in [6, 6.07) is 5.26. The van der Waals surface area contributed by atoms with Crippen molar-refractivity contribution in [1.82, 2.24) is 4.98 Å². The molecular weight excluding hydrogens is 208 g/mol. The van der Waals surface area contributed by atoms with Crippen molar-refractivity contribution in [3.63, 3.8) is 0 Å². The first-order valence-corrected chi connectivity index (χ1v) is 4.59. The number of hydrogen-bond donors (Lipinski definition) is 0. The van der Waals surface area contributed by atoms with Gasteiger partial charge in [0.05, 0.1) is 22.8 Å². The molecule has 0 spiro atoms. The van der Waals surface area contributed by atoms with Gasteiger partial charge in [0.2, 0.25) is 0 Å². The smallest absolute Gasteiger partial charge is 0.258 e. The van der Waals surface area contributed by atoms with Crippen LogP contribution in [0.25, 0.3) is 0 Å². The average Bonchev–Trinajstić information content (AvgIpc) is 2.67. The van der Waals surface area contributed by atoms with E-state index in [-0.39, 0.29) is 5.69 Å². The zero-order valence-corrected chi connectivity index (χ0v) is 8.17. The first-order chi connectivity index (χ1) is 7.63. The van der Waals surface area contributed by atoms with Gasteiger partial charge in [-0.25, -0.2) is 0 Å². The third-order valence-corrected chi connectivity index (χ3v) is 2.72. The minimum absolute atomic E-state index is 0.106. The summed E-state index contributed by atoms with van der Waals surface area (Å²) in [4.78, 5) is 13.9. The lowest BCUT2D eigenvalue weighted by molar-refractivity contribution is -0.385. The van der Waals surface area contributed by atoms with E-state index in [0.717, 1.165) is 6.20 Å². The lowest BCUT2D eigenvalue weighted by Gasteiger charge is -2.09.